The highest BCUT2D eigenvalue weighted by Gasteiger charge is 2.44. The molecule has 1 aliphatic rings. The van der Waals surface area contributed by atoms with Crippen LogP contribution in [0, 0.1) is 6.92 Å². The van der Waals surface area contributed by atoms with Crippen LogP contribution in [0.25, 0.3) is 0 Å². The molecule has 1 aromatic carbocycles. The van der Waals surface area contributed by atoms with E-state index in [0.29, 0.717) is 5.75 Å². The van der Waals surface area contributed by atoms with Crippen molar-refractivity contribution in [2.75, 3.05) is 6.61 Å². The molecule has 5 atom stereocenters. The molecule has 1 aliphatic heterocycles. The van der Waals surface area contributed by atoms with E-state index >= 15 is 0 Å². The normalized spacial score (nSPS) is 35.1. The number of aliphatic hydroxyl groups is 4. The van der Waals surface area contributed by atoms with Crippen LogP contribution < -0.4 is 4.74 Å². The van der Waals surface area contributed by atoms with Gasteiger partial charge < -0.3 is 29.9 Å². The van der Waals surface area contributed by atoms with Crippen LogP contribution in [0.15, 0.2) is 24.3 Å². The van der Waals surface area contributed by atoms with Gasteiger partial charge in [-0.1, -0.05) is 18.2 Å². The average Bonchev–Trinajstić information content (AvgIpc) is 2.41. The largest absolute Gasteiger partial charge is 0.462 e. The summed E-state index contributed by atoms with van der Waals surface area (Å²) in [6.07, 6.45) is -6.31. The van der Waals surface area contributed by atoms with Gasteiger partial charge in [0.2, 0.25) is 6.29 Å². The van der Waals surface area contributed by atoms with E-state index in [2.05, 4.69) is 0 Å². The maximum atomic E-state index is 9.83. The molecule has 0 amide bonds. The standard InChI is InChI=1S/C13H18O6/c1-7-4-2-3-5-8(7)18-13-12(17)11(16)10(15)9(6-14)19-13/h2-5,9-17H,6H2,1H3/t9-,10+,11+,12-,13+/m1/s1. The van der Waals surface area contributed by atoms with E-state index in [1.54, 1.807) is 12.1 Å². The molecule has 2 rings (SSSR count). The Hall–Kier alpha value is -1.18. The molecule has 0 aliphatic carbocycles. The van der Waals surface area contributed by atoms with Crippen molar-refractivity contribution in [1.29, 1.82) is 0 Å². The van der Waals surface area contributed by atoms with Crippen LogP contribution in [-0.2, 0) is 4.74 Å². The Labute approximate surface area is 110 Å². The van der Waals surface area contributed by atoms with Crippen molar-refractivity contribution >= 4 is 0 Å². The SMILES string of the molecule is Cc1ccccc1O[C@H]1O[C@H](CO)[C@H](O)[C@H](O)[C@H]1O. The van der Waals surface area contributed by atoms with Gasteiger partial charge in [-0.25, -0.2) is 0 Å². The molecule has 0 bridgehead atoms. The molecule has 106 valence electrons. The van der Waals surface area contributed by atoms with Gasteiger partial charge in [-0.15, -0.1) is 0 Å². The Bertz CT molecular complexity index is 421. The van der Waals surface area contributed by atoms with Crippen LogP contribution in [0.2, 0.25) is 0 Å². The van der Waals surface area contributed by atoms with E-state index in [1.165, 1.54) is 0 Å². The number of aryl methyl sites for hydroxylation is 1. The number of hydrogen-bond acceptors (Lipinski definition) is 6. The van der Waals surface area contributed by atoms with Gasteiger partial charge in [-0.2, -0.15) is 0 Å². The maximum absolute atomic E-state index is 9.83. The highest BCUT2D eigenvalue weighted by atomic mass is 16.7. The highest BCUT2D eigenvalue weighted by molar-refractivity contribution is 5.31. The van der Waals surface area contributed by atoms with Crippen LogP contribution >= 0.6 is 0 Å². The van der Waals surface area contributed by atoms with Crippen molar-refractivity contribution < 1.29 is 29.9 Å². The number of aliphatic hydroxyl groups excluding tert-OH is 4. The first kappa shape index (κ1) is 14.2. The van der Waals surface area contributed by atoms with Gasteiger partial charge in [0.05, 0.1) is 6.61 Å². The summed E-state index contributed by atoms with van der Waals surface area (Å²) in [4.78, 5) is 0. The van der Waals surface area contributed by atoms with Crippen molar-refractivity contribution in [3.8, 4) is 5.75 Å². The number of benzene rings is 1. The Balaban J connectivity index is 2.13. The lowest BCUT2D eigenvalue weighted by Gasteiger charge is -2.39. The van der Waals surface area contributed by atoms with Gasteiger partial charge in [-0.05, 0) is 18.6 Å². The van der Waals surface area contributed by atoms with E-state index in [9.17, 15) is 15.3 Å². The van der Waals surface area contributed by atoms with Crippen LogP contribution in [0.4, 0.5) is 0 Å². The smallest absolute Gasteiger partial charge is 0.229 e. The molecule has 1 fully saturated rings. The molecule has 0 saturated carbocycles. The quantitative estimate of drug-likeness (QED) is 0.572. The fraction of sp³-hybridized carbons (Fsp3) is 0.538. The van der Waals surface area contributed by atoms with Crippen molar-refractivity contribution in [3.05, 3.63) is 29.8 Å². The van der Waals surface area contributed by atoms with E-state index in [0.717, 1.165) is 5.56 Å². The summed E-state index contributed by atoms with van der Waals surface area (Å²) in [6, 6.07) is 7.15. The monoisotopic (exact) mass is 270 g/mol. The zero-order valence-corrected chi connectivity index (χ0v) is 10.5. The summed E-state index contributed by atoms with van der Waals surface area (Å²) in [6.45, 7) is 1.36. The second-order valence-electron chi connectivity index (χ2n) is 4.58. The first-order valence-electron chi connectivity index (χ1n) is 6.07. The van der Waals surface area contributed by atoms with Crippen LogP contribution in [0.1, 0.15) is 5.56 Å². The number of para-hydroxylation sites is 1. The summed E-state index contributed by atoms with van der Waals surface area (Å²) >= 11 is 0. The van der Waals surface area contributed by atoms with Crippen molar-refractivity contribution in [2.24, 2.45) is 0 Å². The van der Waals surface area contributed by atoms with Gasteiger partial charge in [0.15, 0.2) is 0 Å². The van der Waals surface area contributed by atoms with Gasteiger partial charge in [-0.3, -0.25) is 0 Å². The molecule has 4 N–H and O–H groups in total. The third-order valence-corrected chi connectivity index (χ3v) is 3.19. The zero-order chi connectivity index (χ0) is 14.0. The first-order chi connectivity index (χ1) is 9.04. The average molecular weight is 270 g/mol. The van der Waals surface area contributed by atoms with Crippen molar-refractivity contribution in [3.63, 3.8) is 0 Å². The first-order valence-corrected chi connectivity index (χ1v) is 6.07. The predicted molar refractivity (Wildman–Crippen MR) is 65.6 cm³/mol. The van der Waals surface area contributed by atoms with Gasteiger partial charge in [0, 0.05) is 0 Å². The number of hydrogen-bond donors (Lipinski definition) is 4. The molecular weight excluding hydrogens is 252 g/mol. The molecule has 6 nitrogen and oxygen atoms in total. The van der Waals surface area contributed by atoms with Gasteiger partial charge in [0.1, 0.15) is 30.2 Å². The number of ether oxygens (including phenoxy) is 2. The topological polar surface area (TPSA) is 99.4 Å². The third kappa shape index (κ3) is 2.88. The summed E-state index contributed by atoms with van der Waals surface area (Å²) in [7, 11) is 0. The Morgan fingerprint density at radius 3 is 2.42 bits per heavy atom. The molecule has 1 saturated heterocycles. The maximum Gasteiger partial charge on any atom is 0.229 e. The molecule has 1 aromatic rings. The van der Waals surface area contributed by atoms with E-state index in [-0.39, 0.29) is 0 Å². The van der Waals surface area contributed by atoms with E-state index in [1.807, 2.05) is 19.1 Å². The molecule has 0 unspecified atom stereocenters. The van der Waals surface area contributed by atoms with E-state index < -0.39 is 37.3 Å². The Morgan fingerprint density at radius 1 is 1.11 bits per heavy atom. The van der Waals surface area contributed by atoms with Crippen molar-refractivity contribution in [1.82, 2.24) is 0 Å². The second-order valence-corrected chi connectivity index (χ2v) is 4.58. The molecule has 1 heterocycles. The predicted octanol–water partition coefficient (Wildman–Crippen LogP) is -0.826. The molecular formula is C13H18O6. The molecule has 0 spiro atoms. The minimum absolute atomic E-state index is 0.474. The molecule has 6 heteroatoms. The lowest BCUT2D eigenvalue weighted by atomic mass is 9.99. The molecule has 0 aromatic heterocycles. The lowest BCUT2D eigenvalue weighted by Crippen LogP contribution is -2.60. The molecule has 0 radical (unpaired) electrons. The van der Waals surface area contributed by atoms with Crippen molar-refractivity contribution in [2.45, 2.75) is 37.6 Å². The Morgan fingerprint density at radius 2 is 1.79 bits per heavy atom. The van der Waals surface area contributed by atoms with Crippen LogP contribution in [-0.4, -0.2) is 57.7 Å². The third-order valence-electron chi connectivity index (χ3n) is 3.19. The summed E-state index contributed by atoms with van der Waals surface area (Å²) in [5.74, 6) is 0.506. The lowest BCUT2D eigenvalue weighted by molar-refractivity contribution is -0.277. The number of rotatable bonds is 3. The minimum Gasteiger partial charge on any atom is -0.462 e. The summed E-state index contributed by atoms with van der Waals surface area (Å²) < 4.78 is 10.8. The second kappa shape index (κ2) is 5.85. The molecule has 19 heavy (non-hydrogen) atoms. The fourth-order valence-electron chi connectivity index (χ4n) is 1.98. The van der Waals surface area contributed by atoms with Crippen LogP contribution in [0.5, 0.6) is 5.75 Å². The Kier molecular flexibility index (Phi) is 4.38. The van der Waals surface area contributed by atoms with E-state index in [4.69, 9.17) is 14.6 Å². The highest BCUT2D eigenvalue weighted by Crippen LogP contribution is 2.25. The van der Waals surface area contributed by atoms with Gasteiger partial charge >= 0.3 is 0 Å². The minimum atomic E-state index is -1.43. The summed E-state index contributed by atoms with van der Waals surface area (Å²) in [5, 5.41) is 38.2. The zero-order valence-electron chi connectivity index (χ0n) is 10.5. The fourth-order valence-corrected chi connectivity index (χ4v) is 1.98. The van der Waals surface area contributed by atoms with Gasteiger partial charge in [0.25, 0.3) is 0 Å². The van der Waals surface area contributed by atoms with Crippen LogP contribution in [0.3, 0.4) is 0 Å². The summed E-state index contributed by atoms with van der Waals surface area (Å²) in [5.41, 5.74) is 0.847.